The van der Waals surface area contributed by atoms with Gasteiger partial charge < -0.3 is 20.7 Å². The van der Waals surface area contributed by atoms with Gasteiger partial charge in [-0.05, 0) is 25.1 Å². The van der Waals surface area contributed by atoms with Gasteiger partial charge in [0.2, 0.25) is 5.91 Å². The van der Waals surface area contributed by atoms with Crippen LogP contribution in [0.1, 0.15) is 12.5 Å². The van der Waals surface area contributed by atoms with Crippen LogP contribution in [0, 0.1) is 12.3 Å². The van der Waals surface area contributed by atoms with E-state index in [1.54, 1.807) is 31.4 Å². The lowest BCUT2D eigenvalue weighted by atomic mass is 10.2. The van der Waals surface area contributed by atoms with Crippen LogP contribution in [0.4, 0.5) is 5.69 Å². The Bertz CT molecular complexity index is 549. The number of aliphatic imine (C=N–C) groups is 1. The fraction of sp³-hybridized carbons (Fsp3) is 0.375. The second kappa shape index (κ2) is 10.2. The zero-order chi connectivity index (χ0) is 16.2. The van der Waals surface area contributed by atoms with E-state index >= 15 is 0 Å². The standard InChI is InChI=1S/C16H22N4O2/c1-4-13-7-6-8-14(11-13)20-15(21)12-19-16(17-5-2)18-9-10-22-3/h1,6-8,11H,5,9-10,12H2,2-3H3,(H,20,21)(H2,17,18,19). The highest BCUT2D eigenvalue weighted by Gasteiger charge is 2.03. The van der Waals surface area contributed by atoms with Crippen molar-refractivity contribution < 1.29 is 9.53 Å². The van der Waals surface area contributed by atoms with Crippen LogP contribution in [0.25, 0.3) is 0 Å². The molecule has 0 unspecified atom stereocenters. The minimum absolute atomic E-state index is 0.0165. The summed E-state index contributed by atoms with van der Waals surface area (Å²) in [5.41, 5.74) is 1.38. The number of benzene rings is 1. The van der Waals surface area contributed by atoms with Gasteiger partial charge in [-0.3, -0.25) is 4.79 Å². The molecule has 0 spiro atoms. The number of amides is 1. The summed E-state index contributed by atoms with van der Waals surface area (Å²) in [6.45, 7) is 3.87. The number of carbonyl (C=O) groups excluding carboxylic acids is 1. The molecule has 0 aromatic heterocycles. The summed E-state index contributed by atoms with van der Waals surface area (Å²) in [7, 11) is 1.63. The lowest BCUT2D eigenvalue weighted by Crippen LogP contribution is -2.39. The van der Waals surface area contributed by atoms with Gasteiger partial charge >= 0.3 is 0 Å². The maximum atomic E-state index is 11.9. The first-order valence-corrected chi connectivity index (χ1v) is 7.07. The molecule has 118 valence electrons. The summed E-state index contributed by atoms with van der Waals surface area (Å²) in [6, 6.07) is 7.12. The summed E-state index contributed by atoms with van der Waals surface area (Å²) >= 11 is 0. The second-order valence-corrected chi connectivity index (χ2v) is 4.39. The first-order valence-electron chi connectivity index (χ1n) is 7.07. The number of methoxy groups -OCH3 is 1. The Morgan fingerprint density at radius 3 is 2.91 bits per heavy atom. The highest BCUT2D eigenvalue weighted by molar-refractivity contribution is 5.94. The molecule has 0 aliphatic rings. The third-order valence-electron chi connectivity index (χ3n) is 2.64. The van der Waals surface area contributed by atoms with Crippen molar-refractivity contribution in [1.82, 2.24) is 10.6 Å². The van der Waals surface area contributed by atoms with Crippen LogP contribution in [-0.2, 0) is 9.53 Å². The van der Waals surface area contributed by atoms with Gasteiger partial charge in [0.1, 0.15) is 6.54 Å². The van der Waals surface area contributed by atoms with Gasteiger partial charge in [-0.1, -0.05) is 12.0 Å². The molecule has 0 fully saturated rings. The van der Waals surface area contributed by atoms with E-state index in [0.717, 1.165) is 5.56 Å². The summed E-state index contributed by atoms with van der Waals surface area (Å²) in [5.74, 6) is 2.89. The average Bonchev–Trinajstić information content (AvgIpc) is 2.53. The third kappa shape index (κ3) is 6.77. The number of ether oxygens (including phenoxy) is 1. The van der Waals surface area contributed by atoms with Crippen LogP contribution in [0.15, 0.2) is 29.3 Å². The van der Waals surface area contributed by atoms with Crippen molar-refractivity contribution in [2.45, 2.75) is 6.92 Å². The summed E-state index contributed by atoms with van der Waals surface area (Å²) in [6.07, 6.45) is 5.33. The van der Waals surface area contributed by atoms with Crippen molar-refractivity contribution in [2.24, 2.45) is 4.99 Å². The van der Waals surface area contributed by atoms with Crippen molar-refractivity contribution in [2.75, 3.05) is 38.7 Å². The van der Waals surface area contributed by atoms with E-state index in [-0.39, 0.29) is 12.5 Å². The van der Waals surface area contributed by atoms with E-state index in [1.807, 2.05) is 6.92 Å². The van der Waals surface area contributed by atoms with Gasteiger partial charge in [-0.15, -0.1) is 6.42 Å². The molecule has 0 aliphatic heterocycles. The maximum Gasteiger partial charge on any atom is 0.246 e. The van der Waals surface area contributed by atoms with Crippen LogP contribution >= 0.6 is 0 Å². The Morgan fingerprint density at radius 1 is 1.41 bits per heavy atom. The van der Waals surface area contributed by atoms with Gasteiger partial charge in [0.25, 0.3) is 0 Å². The van der Waals surface area contributed by atoms with Crippen LogP contribution in [0.3, 0.4) is 0 Å². The van der Waals surface area contributed by atoms with Crippen molar-refractivity contribution in [1.29, 1.82) is 0 Å². The molecule has 0 radical (unpaired) electrons. The van der Waals surface area contributed by atoms with E-state index in [4.69, 9.17) is 11.2 Å². The molecule has 0 saturated carbocycles. The predicted octanol–water partition coefficient (Wildman–Crippen LogP) is 0.808. The Kier molecular flexibility index (Phi) is 8.16. The van der Waals surface area contributed by atoms with E-state index in [2.05, 4.69) is 26.9 Å². The zero-order valence-corrected chi connectivity index (χ0v) is 13.0. The number of anilines is 1. The lowest BCUT2D eigenvalue weighted by molar-refractivity contribution is -0.114. The number of terminal acetylenes is 1. The fourth-order valence-corrected chi connectivity index (χ4v) is 1.65. The third-order valence-corrected chi connectivity index (χ3v) is 2.64. The number of hydrogen-bond acceptors (Lipinski definition) is 3. The van der Waals surface area contributed by atoms with Gasteiger partial charge in [0.05, 0.1) is 6.61 Å². The van der Waals surface area contributed by atoms with E-state index < -0.39 is 0 Å². The molecule has 1 amide bonds. The Morgan fingerprint density at radius 2 is 2.23 bits per heavy atom. The Hall–Kier alpha value is -2.52. The number of guanidine groups is 1. The summed E-state index contributed by atoms with van der Waals surface area (Å²) in [5, 5.41) is 8.88. The SMILES string of the molecule is C#Cc1cccc(NC(=O)CN=C(NCC)NCCOC)c1. The summed E-state index contributed by atoms with van der Waals surface area (Å²) in [4.78, 5) is 16.1. The predicted molar refractivity (Wildman–Crippen MR) is 88.9 cm³/mol. The molecule has 1 aromatic rings. The maximum absolute atomic E-state index is 11.9. The molecule has 22 heavy (non-hydrogen) atoms. The number of nitrogens with one attached hydrogen (secondary N) is 3. The minimum atomic E-state index is -0.210. The molecule has 6 nitrogen and oxygen atoms in total. The molecular weight excluding hydrogens is 280 g/mol. The monoisotopic (exact) mass is 302 g/mol. The van der Waals surface area contributed by atoms with E-state index in [1.165, 1.54) is 0 Å². The quantitative estimate of drug-likeness (QED) is 0.301. The molecule has 0 heterocycles. The lowest BCUT2D eigenvalue weighted by Gasteiger charge is -2.10. The topological polar surface area (TPSA) is 74.8 Å². The van der Waals surface area contributed by atoms with E-state index in [9.17, 15) is 4.79 Å². The molecule has 0 bridgehead atoms. The van der Waals surface area contributed by atoms with Gasteiger partial charge in [0, 0.05) is 31.5 Å². The van der Waals surface area contributed by atoms with Crippen molar-refractivity contribution in [3.05, 3.63) is 29.8 Å². The molecular formula is C16H22N4O2. The molecule has 1 aromatic carbocycles. The van der Waals surface area contributed by atoms with Crippen molar-refractivity contribution in [3.63, 3.8) is 0 Å². The average molecular weight is 302 g/mol. The van der Waals surface area contributed by atoms with Crippen LogP contribution in [0.5, 0.6) is 0 Å². The van der Waals surface area contributed by atoms with Crippen molar-refractivity contribution in [3.8, 4) is 12.3 Å². The fourth-order valence-electron chi connectivity index (χ4n) is 1.65. The minimum Gasteiger partial charge on any atom is -0.383 e. The van der Waals surface area contributed by atoms with Crippen molar-refractivity contribution >= 4 is 17.6 Å². The van der Waals surface area contributed by atoms with Gasteiger partial charge in [-0.25, -0.2) is 4.99 Å². The Labute approximate surface area is 131 Å². The molecule has 3 N–H and O–H groups in total. The Balaban J connectivity index is 2.53. The number of nitrogens with zero attached hydrogens (tertiary/aromatic N) is 1. The molecule has 1 rings (SSSR count). The van der Waals surface area contributed by atoms with Gasteiger partial charge in [0.15, 0.2) is 5.96 Å². The molecule has 0 atom stereocenters. The first-order chi connectivity index (χ1) is 10.7. The molecule has 6 heteroatoms. The smallest absolute Gasteiger partial charge is 0.246 e. The largest absolute Gasteiger partial charge is 0.383 e. The summed E-state index contributed by atoms with van der Waals surface area (Å²) < 4.78 is 4.96. The van der Waals surface area contributed by atoms with Crippen LogP contribution < -0.4 is 16.0 Å². The number of carbonyl (C=O) groups is 1. The number of rotatable bonds is 7. The van der Waals surface area contributed by atoms with E-state index in [0.29, 0.717) is 31.3 Å². The second-order valence-electron chi connectivity index (χ2n) is 4.39. The highest BCUT2D eigenvalue weighted by atomic mass is 16.5. The normalized spacial score (nSPS) is 10.7. The first kappa shape index (κ1) is 17.5. The van der Waals surface area contributed by atoms with Gasteiger partial charge in [-0.2, -0.15) is 0 Å². The number of hydrogen-bond donors (Lipinski definition) is 3. The van der Waals surface area contributed by atoms with Crippen LogP contribution in [0.2, 0.25) is 0 Å². The highest BCUT2D eigenvalue weighted by Crippen LogP contribution is 2.09. The zero-order valence-electron chi connectivity index (χ0n) is 13.0. The van der Waals surface area contributed by atoms with Crippen LogP contribution in [-0.4, -0.2) is 45.2 Å². The molecule has 0 aliphatic carbocycles. The molecule has 0 saturated heterocycles.